The Morgan fingerprint density at radius 2 is 2.26 bits per heavy atom. The third-order valence-corrected chi connectivity index (χ3v) is 3.59. The summed E-state index contributed by atoms with van der Waals surface area (Å²) >= 11 is 1.55. The van der Waals surface area contributed by atoms with Gasteiger partial charge in [-0.25, -0.2) is 0 Å². The van der Waals surface area contributed by atoms with Crippen molar-refractivity contribution < 1.29 is 4.52 Å². The number of aryl methyl sites for hydroxylation is 1. The van der Waals surface area contributed by atoms with Gasteiger partial charge in [-0.1, -0.05) is 17.3 Å². The van der Waals surface area contributed by atoms with Crippen LogP contribution in [0.4, 0.5) is 0 Å². The first kappa shape index (κ1) is 11.9. The zero-order chi connectivity index (χ0) is 13.2. The zero-order valence-corrected chi connectivity index (χ0v) is 11.1. The molecule has 0 aromatic carbocycles. The number of hydrogen-bond donors (Lipinski definition) is 0. The molecule has 6 heteroatoms. The molecule has 0 fully saturated rings. The van der Waals surface area contributed by atoms with Crippen LogP contribution in [0.2, 0.25) is 0 Å². The van der Waals surface area contributed by atoms with Gasteiger partial charge in [0.1, 0.15) is 6.54 Å². The van der Waals surface area contributed by atoms with Crippen LogP contribution in [0.3, 0.4) is 0 Å². The molecular formula is C13H11N3O2S. The second kappa shape index (κ2) is 4.81. The molecule has 0 aliphatic rings. The molecule has 0 amide bonds. The summed E-state index contributed by atoms with van der Waals surface area (Å²) in [5, 5.41) is 5.87. The molecule has 0 N–H and O–H groups in total. The molecule has 0 radical (unpaired) electrons. The van der Waals surface area contributed by atoms with E-state index in [2.05, 4.69) is 10.1 Å². The van der Waals surface area contributed by atoms with E-state index in [1.807, 2.05) is 23.6 Å². The molecular weight excluding hydrogens is 262 g/mol. The summed E-state index contributed by atoms with van der Waals surface area (Å²) in [6, 6.07) is 7.47. The first-order valence-electron chi connectivity index (χ1n) is 5.76. The van der Waals surface area contributed by atoms with Gasteiger partial charge in [0, 0.05) is 11.8 Å². The number of hydrogen-bond acceptors (Lipinski definition) is 5. The average Bonchev–Trinajstić information content (AvgIpc) is 3.05. The fourth-order valence-electron chi connectivity index (χ4n) is 1.75. The summed E-state index contributed by atoms with van der Waals surface area (Å²) in [5.74, 6) is 0.988. The molecule has 0 unspecified atom stereocenters. The summed E-state index contributed by atoms with van der Waals surface area (Å²) < 4.78 is 6.73. The Morgan fingerprint density at radius 3 is 3.05 bits per heavy atom. The lowest BCUT2D eigenvalue weighted by Crippen LogP contribution is -2.21. The van der Waals surface area contributed by atoms with E-state index in [1.165, 1.54) is 0 Å². The summed E-state index contributed by atoms with van der Waals surface area (Å²) in [6.45, 7) is 2.07. The van der Waals surface area contributed by atoms with Crippen molar-refractivity contribution in [2.24, 2.45) is 0 Å². The highest BCUT2D eigenvalue weighted by Gasteiger charge is 2.10. The molecule has 0 saturated carbocycles. The molecule has 0 atom stereocenters. The molecule has 0 spiro atoms. The quantitative estimate of drug-likeness (QED) is 0.734. The highest BCUT2D eigenvalue weighted by Crippen LogP contribution is 2.21. The van der Waals surface area contributed by atoms with Crippen molar-refractivity contribution in [3.05, 3.63) is 57.7 Å². The van der Waals surface area contributed by atoms with Gasteiger partial charge in [0.25, 0.3) is 5.56 Å². The van der Waals surface area contributed by atoms with Crippen molar-refractivity contribution in [3.63, 3.8) is 0 Å². The highest BCUT2D eigenvalue weighted by atomic mass is 32.1. The fourth-order valence-corrected chi connectivity index (χ4v) is 2.40. The molecule has 0 aliphatic heterocycles. The van der Waals surface area contributed by atoms with Crippen LogP contribution in [0, 0.1) is 6.92 Å². The number of rotatable bonds is 3. The van der Waals surface area contributed by atoms with E-state index in [4.69, 9.17) is 4.52 Å². The zero-order valence-electron chi connectivity index (χ0n) is 10.2. The van der Waals surface area contributed by atoms with E-state index in [0.29, 0.717) is 23.8 Å². The summed E-state index contributed by atoms with van der Waals surface area (Å²) in [5.41, 5.74) is 0.652. The minimum Gasteiger partial charge on any atom is -0.337 e. The van der Waals surface area contributed by atoms with Crippen LogP contribution in [0.1, 0.15) is 11.5 Å². The van der Waals surface area contributed by atoms with E-state index in [0.717, 1.165) is 4.88 Å². The number of nitrogens with zero attached hydrogens (tertiary/aromatic N) is 3. The maximum absolute atomic E-state index is 11.9. The van der Waals surface area contributed by atoms with Crippen molar-refractivity contribution in [3.8, 4) is 10.7 Å². The Kier molecular flexibility index (Phi) is 3.00. The van der Waals surface area contributed by atoms with Crippen LogP contribution in [0.5, 0.6) is 0 Å². The summed E-state index contributed by atoms with van der Waals surface area (Å²) in [7, 11) is 0. The van der Waals surface area contributed by atoms with Crippen molar-refractivity contribution in [1.82, 2.24) is 14.7 Å². The third-order valence-electron chi connectivity index (χ3n) is 2.73. The first-order chi connectivity index (χ1) is 9.24. The van der Waals surface area contributed by atoms with E-state index in [-0.39, 0.29) is 5.56 Å². The molecule has 0 aliphatic carbocycles. The molecule has 19 heavy (non-hydrogen) atoms. The Morgan fingerprint density at radius 1 is 1.37 bits per heavy atom. The highest BCUT2D eigenvalue weighted by molar-refractivity contribution is 7.13. The number of aromatic nitrogens is 3. The normalized spacial score (nSPS) is 10.8. The maximum Gasteiger partial charge on any atom is 0.253 e. The molecule has 3 aromatic heterocycles. The van der Waals surface area contributed by atoms with Gasteiger partial charge in [0.15, 0.2) is 0 Å². The van der Waals surface area contributed by atoms with Gasteiger partial charge in [0.05, 0.1) is 4.88 Å². The van der Waals surface area contributed by atoms with E-state index in [1.54, 1.807) is 35.1 Å². The average molecular weight is 273 g/mol. The van der Waals surface area contributed by atoms with Crippen molar-refractivity contribution >= 4 is 11.3 Å². The van der Waals surface area contributed by atoms with Crippen LogP contribution in [-0.4, -0.2) is 14.7 Å². The van der Waals surface area contributed by atoms with Crippen LogP contribution in [0.25, 0.3) is 10.7 Å². The van der Waals surface area contributed by atoms with Crippen LogP contribution in [-0.2, 0) is 6.54 Å². The summed E-state index contributed by atoms with van der Waals surface area (Å²) in [6.07, 6.45) is 1.71. The summed E-state index contributed by atoms with van der Waals surface area (Å²) in [4.78, 5) is 17.1. The standard InChI is InChI=1S/C13H11N3O2S/c1-9-4-2-6-16(13(9)17)8-11-14-12(15-18-11)10-5-3-7-19-10/h2-7H,8H2,1H3. The molecule has 5 nitrogen and oxygen atoms in total. The lowest BCUT2D eigenvalue weighted by Gasteiger charge is -2.01. The maximum atomic E-state index is 11.9. The van der Waals surface area contributed by atoms with Gasteiger partial charge in [-0.15, -0.1) is 11.3 Å². The van der Waals surface area contributed by atoms with Gasteiger partial charge in [-0.05, 0) is 24.4 Å². The van der Waals surface area contributed by atoms with Gasteiger partial charge in [0.2, 0.25) is 11.7 Å². The third kappa shape index (κ3) is 2.34. The SMILES string of the molecule is Cc1cccn(Cc2nc(-c3cccs3)no2)c1=O. The minimum atomic E-state index is -0.0432. The van der Waals surface area contributed by atoms with Gasteiger partial charge < -0.3 is 9.09 Å². The second-order valence-electron chi connectivity index (χ2n) is 4.11. The molecule has 3 heterocycles. The van der Waals surface area contributed by atoms with E-state index < -0.39 is 0 Å². The molecule has 0 bridgehead atoms. The number of pyridine rings is 1. The second-order valence-corrected chi connectivity index (χ2v) is 5.06. The lowest BCUT2D eigenvalue weighted by atomic mass is 10.3. The predicted octanol–water partition coefficient (Wildman–Crippen LogP) is 2.32. The van der Waals surface area contributed by atoms with Crippen molar-refractivity contribution in [1.29, 1.82) is 0 Å². The Balaban J connectivity index is 1.88. The van der Waals surface area contributed by atoms with E-state index >= 15 is 0 Å². The van der Waals surface area contributed by atoms with Gasteiger partial charge in [-0.3, -0.25) is 4.79 Å². The Bertz CT molecular complexity index is 743. The monoisotopic (exact) mass is 273 g/mol. The minimum absolute atomic E-state index is 0.0432. The van der Waals surface area contributed by atoms with Crippen LogP contribution < -0.4 is 5.56 Å². The van der Waals surface area contributed by atoms with Gasteiger partial charge in [-0.2, -0.15) is 4.98 Å². The van der Waals surface area contributed by atoms with Crippen LogP contribution in [0.15, 0.2) is 45.2 Å². The van der Waals surface area contributed by atoms with Crippen molar-refractivity contribution in [2.75, 3.05) is 0 Å². The molecule has 0 saturated heterocycles. The topological polar surface area (TPSA) is 60.9 Å². The Hall–Kier alpha value is -2.21. The molecule has 3 rings (SSSR count). The molecule has 96 valence electrons. The Labute approximate surface area is 113 Å². The number of thiophene rings is 1. The largest absolute Gasteiger partial charge is 0.337 e. The fraction of sp³-hybridized carbons (Fsp3) is 0.154. The van der Waals surface area contributed by atoms with Crippen LogP contribution >= 0.6 is 11.3 Å². The van der Waals surface area contributed by atoms with E-state index in [9.17, 15) is 4.79 Å². The lowest BCUT2D eigenvalue weighted by molar-refractivity contribution is 0.370. The predicted molar refractivity (Wildman–Crippen MR) is 72.2 cm³/mol. The molecule has 3 aromatic rings. The van der Waals surface area contributed by atoms with Crippen molar-refractivity contribution in [2.45, 2.75) is 13.5 Å². The smallest absolute Gasteiger partial charge is 0.253 e. The first-order valence-corrected chi connectivity index (χ1v) is 6.64. The van der Waals surface area contributed by atoms with Gasteiger partial charge >= 0.3 is 0 Å².